The van der Waals surface area contributed by atoms with Crippen LogP contribution in [-0.2, 0) is 4.74 Å². The summed E-state index contributed by atoms with van der Waals surface area (Å²) in [5.41, 5.74) is 0.449. The fourth-order valence-corrected chi connectivity index (χ4v) is 1.68. The molecule has 0 radical (unpaired) electrons. The summed E-state index contributed by atoms with van der Waals surface area (Å²) < 4.78 is 4.94. The van der Waals surface area contributed by atoms with E-state index in [9.17, 15) is 10.1 Å². The standard InChI is InChI=1S/C12H15N3O4/c1-19-7-5-14(4-6-16)11-3-2-10(9-13)8-12(11)15(17)18/h2-3,8,16H,4-7H2,1H3. The highest BCUT2D eigenvalue weighted by Crippen LogP contribution is 2.28. The van der Waals surface area contributed by atoms with Crippen LogP contribution in [0, 0.1) is 21.4 Å². The Labute approximate surface area is 110 Å². The predicted molar refractivity (Wildman–Crippen MR) is 69.0 cm³/mol. The lowest BCUT2D eigenvalue weighted by molar-refractivity contribution is -0.384. The summed E-state index contributed by atoms with van der Waals surface area (Å²) in [5, 5.41) is 28.8. The van der Waals surface area contributed by atoms with Crippen molar-refractivity contribution in [1.82, 2.24) is 0 Å². The zero-order chi connectivity index (χ0) is 14.3. The molecule has 0 aromatic heterocycles. The minimum atomic E-state index is -0.534. The Kier molecular flexibility index (Phi) is 5.73. The van der Waals surface area contributed by atoms with Gasteiger partial charge in [-0.2, -0.15) is 5.26 Å². The van der Waals surface area contributed by atoms with E-state index in [1.54, 1.807) is 4.90 Å². The lowest BCUT2D eigenvalue weighted by atomic mass is 10.1. The van der Waals surface area contributed by atoms with Gasteiger partial charge >= 0.3 is 0 Å². The van der Waals surface area contributed by atoms with Crippen molar-refractivity contribution in [3.63, 3.8) is 0 Å². The summed E-state index contributed by atoms with van der Waals surface area (Å²) in [5.74, 6) is 0. The molecule has 7 nitrogen and oxygen atoms in total. The monoisotopic (exact) mass is 265 g/mol. The fraction of sp³-hybridized carbons (Fsp3) is 0.417. The molecule has 1 aromatic carbocycles. The molecule has 0 unspecified atom stereocenters. The number of nitro benzene ring substituents is 1. The van der Waals surface area contributed by atoms with Crippen LogP contribution in [0.1, 0.15) is 5.56 Å². The van der Waals surface area contributed by atoms with Crippen LogP contribution in [0.25, 0.3) is 0 Å². The predicted octanol–water partition coefficient (Wildman–Crippen LogP) is 0.912. The Balaban J connectivity index is 3.13. The molecule has 0 saturated heterocycles. The smallest absolute Gasteiger partial charge is 0.293 e. The molecule has 0 aliphatic carbocycles. The van der Waals surface area contributed by atoms with Crippen LogP contribution in [0.5, 0.6) is 0 Å². The van der Waals surface area contributed by atoms with Gasteiger partial charge in [0.2, 0.25) is 0 Å². The molecule has 0 atom stereocenters. The van der Waals surface area contributed by atoms with E-state index >= 15 is 0 Å². The number of aliphatic hydroxyl groups is 1. The van der Waals surface area contributed by atoms with E-state index < -0.39 is 4.92 Å². The van der Waals surface area contributed by atoms with E-state index in [-0.39, 0.29) is 24.4 Å². The normalized spacial score (nSPS) is 9.95. The molecule has 7 heteroatoms. The Morgan fingerprint density at radius 3 is 2.79 bits per heavy atom. The van der Waals surface area contributed by atoms with Crippen molar-refractivity contribution in [2.45, 2.75) is 0 Å². The van der Waals surface area contributed by atoms with Crippen molar-refractivity contribution in [2.24, 2.45) is 0 Å². The van der Waals surface area contributed by atoms with Gasteiger partial charge in [-0.25, -0.2) is 0 Å². The third-order valence-electron chi connectivity index (χ3n) is 2.58. The summed E-state index contributed by atoms with van der Waals surface area (Å²) in [4.78, 5) is 12.2. The Hall–Kier alpha value is -2.17. The number of hydrogen-bond acceptors (Lipinski definition) is 6. The van der Waals surface area contributed by atoms with Crippen molar-refractivity contribution in [3.8, 4) is 6.07 Å². The highest BCUT2D eigenvalue weighted by Gasteiger charge is 2.19. The minimum Gasteiger partial charge on any atom is -0.395 e. The average Bonchev–Trinajstić information content (AvgIpc) is 2.42. The van der Waals surface area contributed by atoms with Crippen LogP contribution in [0.4, 0.5) is 11.4 Å². The molecule has 1 N–H and O–H groups in total. The summed E-state index contributed by atoms with van der Waals surface area (Å²) >= 11 is 0. The number of rotatable bonds is 7. The van der Waals surface area contributed by atoms with E-state index in [4.69, 9.17) is 15.1 Å². The van der Waals surface area contributed by atoms with Crippen molar-refractivity contribution < 1.29 is 14.8 Å². The summed E-state index contributed by atoms with van der Waals surface area (Å²) in [6, 6.07) is 6.12. The molecule has 0 spiro atoms. The van der Waals surface area contributed by atoms with Gasteiger partial charge in [0, 0.05) is 26.3 Å². The van der Waals surface area contributed by atoms with Crippen molar-refractivity contribution >= 4 is 11.4 Å². The number of aliphatic hydroxyl groups excluding tert-OH is 1. The Morgan fingerprint density at radius 1 is 1.53 bits per heavy atom. The van der Waals surface area contributed by atoms with Gasteiger partial charge in [0.25, 0.3) is 5.69 Å². The van der Waals surface area contributed by atoms with Crippen LogP contribution >= 0.6 is 0 Å². The topological polar surface area (TPSA) is 99.6 Å². The number of methoxy groups -OCH3 is 1. The van der Waals surface area contributed by atoms with Gasteiger partial charge in [-0.05, 0) is 12.1 Å². The molecule has 19 heavy (non-hydrogen) atoms. The Morgan fingerprint density at radius 2 is 2.26 bits per heavy atom. The first-order chi connectivity index (χ1) is 9.13. The number of hydrogen-bond donors (Lipinski definition) is 1. The number of anilines is 1. The van der Waals surface area contributed by atoms with Crippen molar-refractivity contribution in [2.75, 3.05) is 38.3 Å². The maximum Gasteiger partial charge on any atom is 0.293 e. The molecule has 0 amide bonds. The number of nitrogens with zero attached hydrogens (tertiary/aromatic N) is 3. The molecule has 0 bridgehead atoms. The first-order valence-corrected chi connectivity index (χ1v) is 5.67. The number of benzene rings is 1. The fourth-order valence-electron chi connectivity index (χ4n) is 1.68. The van der Waals surface area contributed by atoms with Crippen LogP contribution < -0.4 is 4.90 Å². The van der Waals surface area contributed by atoms with Crippen LogP contribution in [0.2, 0.25) is 0 Å². The van der Waals surface area contributed by atoms with E-state index in [2.05, 4.69) is 0 Å². The van der Waals surface area contributed by atoms with Gasteiger partial charge in [-0.15, -0.1) is 0 Å². The average molecular weight is 265 g/mol. The van der Waals surface area contributed by atoms with Gasteiger partial charge in [-0.3, -0.25) is 10.1 Å². The van der Waals surface area contributed by atoms with E-state index in [1.165, 1.54) is 25.3 Å². The molecule has 0 heterocycles. The van der Waals surface area contributed by atoms with Gasteiger partial charge in [0.1, 0.15) is 5.69 Å². The zero-order valence-electron chi connectivity index (χ0n) is 10.6. The van der Waals surface area contributed by atoms with Crippen molar-refractivity contribution in [3.05, 3.63) is 33.9 Å². The highest BCUT2D eigenvalue weighted by atomic mass is 16.6. The maximum atomic E-state index is 11.0. The van der Waals surface area contributed by atoms with Gasteiger partial charge in [0.05, 0.1) is 29.8 Å². The second-order valence-corrected chi connectivity index (χ2v) is 3.78. The molecular weight excluding hydrogens is 250 g/mol. The van der Waals surface area contributed by atoms with Crippen LogP contribution in [0.15, 0.2) is 18.2 Å². The lowest BCUT2D eigenvalue weighted by Crippen LogP contribution is -2.30. The molecular formula is C12H15N3O4. The van der Waals surface area contributed by atoms with Gasteiger partial charge in [-0.1, -0.05) is 0 Å². The zero-order valence-corrected chi connectivity index (χ0v) is 10.6. The molecule has 1 aromatic rings. The largest absolute Gasteiger partial charge is 0.395 e. The molecule has 1 rings (SSSR count). The first kappa shape index (κ1) is 14.9. The lowest BCUT2D eigenvalue weighted by Gasteiger charge is -2.23. The van der Waals surface area contributed by atoms with Crippen LogP contribution in [0.3, 0.4) is 0 Å². The number of ether oxygens (including phenoxy) is 1. The second-order valence-electron chi connectivity index (χ2n) is 3.78. The molecule has 0 aliphatic rings. The summed E-state index contributed by atoms with van der Waals surface area (Å²) in [6.07, 6.45) is 0. The summed E-state index contributed by atoms with van der Waals surface area (Å²) in [6.45, 7) is 0.942. The van der Waals surface area contributed by atoms with E-state index in [0.29, 0.717) is 18.8 Å². The number of nitriles is 1. The molecule has 0 aliphatic heterocycles. The highest BCUT2D eigenvalue weighted by molar-refractivity contribution is 5.65. The Bertz CT molecular complexity index is 484. The third kappa shape index (κ3) is 3.91. The van der Waals surface area contributed by atoms with Gasteiger partial charge in [0.15, 0.2) is 0 Å². The van der Waals surface area contributed by atoms with E-state index in [1.807, 2.05) is 6.07 Å². The van der Waals surface area contributed by atoms with Gasteiger partial charge < -0.3 is 14.7 Å². The molecule has 0 saturated carbocycles. The first-order valence-electron chi connectivity index (χ1n) is 5.67. The molecule has 0 fully saturated rings. The number of nitro groups is 1. The minimum absolute atomic E-state index is 0.124. The van der Waals surface area contributed by atoms with Crippen LogP contribution in [-0.4, -0.2) is 43.4 Å². The SMILES string of the molecule is COCCN(CCO)c1ccc(C#N)cc1[N+](=O)[O-]. The second kappa shape index (κ2) is 7.31. The third-order valence-corrected chi connectivity index (χ3v) is 2.58. The maximum absolute atomic E-state index is 11.0. The van der Waals surface area contributed by atoms with Crippen molar-refractivity contribution in [1.29, 1.82) is 5.26 Å². The molecule has 102 valence electrons. The quantitative estimate of drug-likeness (QED) is 0.581. The van der Waals surface area contributed by atoms with E-state index in [0.717, 1.165) is 0 Å². The summed E-state index contributed by atoms with van der Waals surface area (Å²) in [7, 11) is 1.53.